The zero-order valence-corrected chi connectivity index (χ0v) is 13.4. The van der Waals surface area contributed by atoms with Crippen molar-refractivity contribution in [2.45, 2.75) is 26.4 Å². The van der Waals surface area contributed by atoms with Crippen LogP contribution in [0.5, 0.6) is 5.75 Å². The first kappa shape index (κ1) is 15.9. The highest BCUT2D eigenvalue weighted by Crippen LogP contribution is 2.24. The molecule has 0 saturated carbocycles. The van der Waals surface area contributed by atoms with Crippen LogP contribution in [0.4, 0.5) is 0 Å². The van der Waals surface area contributed by atoms with Gasteiger partial charge >= 0.3 is 0 Å². The molecule has 0 radical (unpaired) electrons. The summed E-state index contributed by atoms with van der Waals surface area (Å²) in [5, 5.41) is 11.5. The summed E-state index contributed by atoms with van der Waals surface area (Å²) in [6.07, 6.45) is 1.39. The molecule has 0 bridgehead atoms. The van der Waals surface area contributed by atoms with Crippen molar-refractivity contribution >= 4 is 22.9 Å². The average molecular weight is 321 g/mol. The number of hydrogen-bond acceptors (Lipinski definition) is 3. The van der Waals surface area contributed by atoms with E-state index in [2.05, 4.69) is 18.8 Å². The van der Waals surface area contributed by atoms with Crippen molar-refractivity contribution in [2.24, 2.45) is 0 Å². The maximum atomic E-state index is 8.69. The molecule has 0 aliphatic rings. The summed E-state index contributed by atoms with van der Waals surface area (Å²) in [4.78, 5) is 1.12. The standard InChI is InChI=1S/C17H17ClO2S/c1-2-14-10-15(6-7-17(14)18)20-11-16-9-13(12-21-16)5-3-4-8-19/h6-7,9-10,12,19H,2,4,8,11H2,1H3. The van der Waals surface area contributed by atoms with Crippen LogP contribution in [0.25, 0.3) is 0 Å². The fourth-order valence-electron chi connectivity index (χ4n) is 1.81. The van der Waals surface area contributed by atoms with E-state index in [9.17, 15) is 0 Å². The van der Waals surface area contributed by atoms with Gasteiger partial charge in [-0.05, 0) is 36.2 Å². The quantitative estimate of drug-likeness (QED) is 0.833. The van der Waals surface area contributed by atoms with Crippen molar-refractivity contribution in [1.82, 2.24) is 0 Å². The Morgan fingerprint density at radius 2 is 2.19 bits per heavy atom. The van der Waals surface area contributed by atoms with Crippen molar-refractivity contribution in [1.29, 1.82) is 0 Å². The topological polar surface area (TPSA) is 29.5 Å². The third kappa shape index (κ3) is 4.78. The SMILES string of the molecule is CCc1cc(OCc2cc(C#CCCO)cs2)ccc1Cl. The minimum Gasteiger partial charge on any atom is -0.488 e. The lowest BCUT2D eigenvalue weighted by molar-refractivity contribution is 0.305. The second kappa shape index (κ2) is 8.09. The van der Waals surface area contributed by atoms with Gasteiger partial charge in [0.05, 0.1) is 6.61 Å². The minimum absolute atomic E-state index is 0.101. The average Bonchev–Trinajstić information content (AvgIpc) is 2.94. The summed E-state index contributed by atoms with van der Waals surface area (Å²) in [6, 6.07) is 7.76. The lowest BCUT2D eigenvalue weighted by atomic mass is 10.1. The van der Waals surface area contributed by atoms with Crippen molar-refractivity contribution < 1.29 is 9.84 Å². The number of benzene rings is 1. The van der Waals surface area contributed by atoms with E-state index in [1.807, 2.05) is 29.6 Å². The lowest BCUT2D eigenvalue weighted by Gasteiger charge is -2.07. The van der Waals surface area contributed by atoms with Gasteiger partial charge in [-0.15, -0.1) is 11.3 Å². The van der Waals surface area contributed by atoms with Crippen molar-refractivity contribution in [3.63, 3.8) is 0 Å². The number of aliphatic hydroxyl groups is 1. The molecule has 21 heavy (non-hydrogen) atoms. The number of rotatable bonds is 5. The van der Waals surface area contributed by atoms with Gasteiger partial charge in [0.15, 0.2) is 0 Å². The fourth-order valence-corrected chi connectivity index (χ4v) is 2.79. The zero-order chi connectivity index (χ0) is 15.1. The normalized spacial score (nSPS) is 10.0. The predicted molar refractivity (Wildman–Crippen MR) is 88.1 cm³/mol. The Kier molecular flexibility index (Phi) is 6.13. The zero-order valence-electron chi connectivity index (χ0n) is 11.9. The maximum absolute atomic E-state index is 8.69. The van der Waals surface area contributed by atoms with E-state index in [0.717, 1.165) is 33.2 Å². The molecule has 1 N–H and O–H groups in total. The van der Waals surface area contributed by atoms with Crippen LogP contribution < -0.4 is 4.74 Å². The highest BCUT2D eigenvalue weighted by molar-refractivity contribution is 7.10. The Balaban J connectivity index is 1.96. The summed E-state index contributed by atoms with van der Waals surface area (Å²) in [6.45, 7) is 2.70. The van der Waals surface area contributed by atoms with Crippen LogP contribution in [0, 0.1) is 11.8 Å². The van der Waals surface area contributed by atoms with Gasteiger partial charge in [-0.1, -0.05) is 30.4 Å². The highest BCUT2D eigenvalue weighted by Gasteiger charge is 2.03. The summed E-state index contributed by atoms with van der Waals surface area (Å²) in [5.41, 5.74) is 2.06. The molecule has 2 nitrogen and oxygen atoms in total. The van der Waals surface area contributed by atoms with Crippen LogP contribution in [-0.2, 0) is 13.0 Å². The molecular weight excluding hydrogens is 304 g/mol. The molecular formula is C17H17ClO2S. The fraction of sp³-hybridized carbons (Fsp3) is 0.294. The summed E-state index contributed by atoms with van der Waals surface area (Å²) in [5.74, 6) is 6.76. The van der Waals surface area contributed by atoms with Gasteiger partial charge in [0.25, 0.3) is 0 Å². The van der Waals surface area contributed by atoms with Crippen LogP contribution in [0.2, 0.25) is 5.02 Å². The second-order valence-electron chi connectivity index (χ2n) is 4.47. The number of thiophene rings is 1. The molecule has 0 unspecified atom stereocenters. The number of hydrogen-bond donors (Lipinski definition) is 1. The molecule has 110 valence electrons. The van der Waals surface area contributed by atoms with Gasteiger partial charge in [-0.3, -0.25) is 0 Å². The maximum Gasteiger partial charge on any atom is 0.122 e. The molecule has 0 aliphatic heterocycles. The highest BCUT2D eigenvalue weighted by atomic mass is 35.5. The van der Waals surface area contributed by atoms with E-state index in [1.54, 1.807) is 11.3 Å². The number of aryl methyl sites for hydroxylation is 1. The van der Waals surface area contributed by atoms with Crippen LogP contribution in [0.1, 0.15) is 29.3 Å². The largest absolute Gasteiger partial charge is 0.488 e. The van der Waals surface area contributed by atoms with E-state index in [-0.39, 0.29) is 6.61 Å². The summed E-state index contributed by atoms with van der Waals surface area (Å²) in [7, 11) is 0. The van der Waals surface area contributed by atoms with E-state index in [0.29, 0.717) is 13.0 Å². The summed E-state index contributed by atoms with van der Waals surface area (Å²) < 4.78 is 5.79. The van der Waals surface area contributed by atoms with Crippen molar-refractivity contribution in [2.75, 3.05) is 6.61 Å². The molecule has 2 rings (SSSR count). The van der Waals surface area contributed by atoms with Gasteiger partial charge in [-0.2, -0.15) is 0 Å². The summed E-state index contributed by atoms with van der Waals surface area (Å²) >= 11 is 7.71. The number of halogens is 1. The molecule has 1 aromatic carbocycles. The molecule has 2 aromatic rings. The van der Waals surface area contributed by atoms with Crippen LogP contribution in [0.3, 0.4) is 0 Å². The van der Waals surface area contributed by atoms with Gasteiger partial charge in [-0.25, -0.2) is 0 Å². The number of aliphatic hydroxyl groups excluding tert-OH is 1. The molecule has 1 aromatic heterocycles. The first-order valence-electron chi connectivity index (χ1n) is 6.81. The Labute approximate surface area is 134 Å². The number of ether oxygens (including phenoxy) is 1. The minimum atomic E-state index is 0.101. The molecule has 0 saturated heterocycles. The van der Waals surface area contributed by atoms with Crippen LogP contribution >= 0.6 is 22.9 Å². The molecule has 0 aliphatic carbocycles. The van der Waals surface area contributed by atoms with Crippen molar-refractivity contribution in [3.8, 4) is 17.6 Å². The van der Waals surface area contributed by atoms with Gasteiger partial charge in [0.2, 0.25) is 0 Å². The van der Waals surface area contributed by atoms with E-state index in [4.69, 9.17) is 21.4 Å². The van der Waals surface area contributed by atoms with E-state index >= 15 is 0 Å². The van der Waals surface area contributed by atoms with Crippen LogP contribution in [0.15, 0.2) is 29.6 Å². The smallest absolute Gasteiger partial charge is 0.122 e. The second-order valence-corrected chi connectivity index (χ2v) is 5.88. The Morgan fingerprint density at radius 3 is 2.95 bits per heavy atom. The molecule has 0 spiro atoms. The predicted octanol–water partition coefficient (Wildman–Crippen LogP) is 4.28. The lowest BCUT2D eigenvalue weighted by Crippen LogP contribution is -1.94. The van der Waals surface area contributed by atoms with E-state index < -0.39 is 0 Å². The first-order valence-corrected chi connectivity index (χ1v) is 8.07. The Bertz CT molecular complexity index is 652. The molecule has 1 heterocycles. The third-order valence-corrected chi connectivity index (χ3v) is 4.18. The molecule has 0 amide bonds. The molecule has 4 heteroatoms. The van der Waals surface area contributed by atoms with Gasteiger partial charge in [0, 0.05) is 27.3 Å². The molecule has 0 atom stereocenters. The Hall–Kier alpha value is -1.47. The monoisotopic (exact) mass is 320 g/mol. The third-order valence-electron chi connectivity index (χ3n) is 2.90. The van der Waals surface area contributed by atoms with E-state index in [1.165, 1.54) is 0 Å². The first-order chi connectivity index (χ1) is 10.2. The Morgan fingerprint density at radius 1 is 1.33 bits per heavy atom. The van der Waals surface area contributed by atoms with Crippen LogP contribution in [-0.4, -0.2) is 11.7 Å². The van der Waals surface area contributed by atoms with Gasteiger partial charge in [0.1, 0.15) is 12.4 Å². The van der Waals surface area contributed by atoms with Gasteiger partial charge < -0.3 is 9.84 Å². The molecule has 0 fully saturated rings. The van der Waals surface area contributed by atoms with Crippen molar-refractivity contribution in [3.05, 3.63) is 50.7 Å².